The molecule has 0 rings (SSSR count). The molecule has 0 aromatic heterocycles. The maximum Gasteiger partial charge on any atom is 0.235 e. The third kappa shape index (κ3) is 5.26. The van der Waals surface area contributed by atoms with E-state index in [1.165, 1.54) is 0 Å². The Labute approximate surface area is 54.3 Å². The van der Waals surface area contributed by atoms with E-state index in [4.69, 9.17) is 5.11 Å². The molecule has 0 saturated carbocycles. The van der Waals surface area contributed by atoms with Crippen LogP contribution in [0.4, 0.5) is 0 Å². The average molecular weight is 131 g/mol. The zero-order valence-corrected chi connectivity index (χ0v) is 5.35. The molecule has 0 saturated heterocycles. The van der Waals surface area contributed by atoms with Gasteiger partial charge in [-0.2, -0.15) is 0 Å². The number of nitrogens with one attached hydrogen (secondary N) is 2. The maximum absolute atomic E-state index is 10.5. The van der Waals surface area contributed by atoms with Crippen LogP contribution < -0.4 is 10.6 Å². The molecule has 4 nitrogen and oxygen atoms in total. The molecule has 0 aliphatic rings. The van der Waals surface area contributed by atoms with Crippen molar-refractivity contribution in [1.82, 2.24) is 10.6 Å². The number of carbonyl (C=O) groups excluding carboxylic acids is 1. The zero-order chi connectivity index (χ0) is 7.28. The van der Waals surface area contributed by atoms with Gasteiger partial charge >= 0.3 is 0 Å². The lowest BCUT2D eigenvalue weighted by molar-refractivity contribution is -0.122. The molecule has 1 amide bonds. The molecule has 53 valence electrons. The third-order valence-electron chi connectivity index (χ3n) is 0.665. The van der Waals surface area contributed by atoms with Crippen molar-refractivity contribution in [3.8, 4) is 0 Å². The second-order valence-electron chi connectivity index (χ2n) is 1.61. The minimum atomic E-state index is -1.01. The lowest BCUT2D eigenvalue weighted by Crippen LogP contribution is -2.37. The van der Waals surface area contributed by atoms with E-state index in [9.17, 15) is 4.79 Å². The fraction of sp³-hybridized carbons (Fsp3) is 0.600. The van der Waals surface area contributed by atoms with E-state index in [1.807, 2.05) is 0 Å². The van der Waals surface area contributed by atoms with Crippen molar-refractivity contribution in [2.24, 2.45) is 0 Å². The molecule has 1 atom stereocenters. The first-order chi connectivity index (χ1) is 4.16. The third-order valence-corrected chi connectivity index (χ3v) is 0.665. The first kappa shape index (κ1) is 8.39. The lowest BCUT2D eigenvalue weighted by atomic mass is 10.5. The van der Waals surface area contributed by atoms with Crippen LogP contribution in [0, 0.1) is 6.92 Å². The largest absolute Gasteiger partial charge is 0.374 e. The van der Waals surface area contributed by atoms with Gasteiger partial charge in [0.1, 0.15) is 6.23 Å². The summed E-state index contributed by atoms with van der Waals surface area (Å²) >= 11 is 0. The van der Waals surface area contributed by atoms with Gasteiger partial charge in [-0.25, -0.2) is 0 Å². The van der Waals surface area contributed by atoms with E-state index in [-0.39, 0.29) is 12.5 Å². The van der Waals surface area contributed by atoms with Gasteiger partial charge in [-0.05, 0) is 14.0 Å². The highest BCUT2D eigenvalue weighted by molar-refractivity contribution is 5.78. The summed E-state index contributed by atoms with van der Waals surface area (Å²) in [5.41, 5.74) is 0. The van der Waals surface area contributed by atoms with Crippen molar-refractivity contribution < 1.29 is 9.90 Å². The minimum Gasteiger partial charge on any atom is -0.374 e. The van der Waals surface area contributed by atoms with E-state index >= 15 is 0 Å². The van der Waals surface area contributed by atoms with Crippen LogP contribution in [0.25, 0.3) is 0 Å². The Balaban J connectivity index is 3.27. The van der Waals surface area contributed by atoms with Crippen molar-refractivity contribution >= 4 is 5.91 Å². The van der Waals surface area contributed by atoms with Crippen LogP contribution >= 0.6 is 0 Å². The molecule has 0 heterocycles. The Kier molecular flexibility index (Phi) is 4.00. The number of likely N-dealkylation sites (N-methyl/N-ethyl adjacent to an activating group) is 1. The molecule has 1 unspecified atom stereocenters. The molecule has 4 heteroatoms. The second-order valence-corrected chi connectivity index (χ2v) is 1.61. The van der Waals surface area contributed by atoms with Crippen LogP contribution in [0.1, 0.15) is 0 Å². The second kappa shape index (κ2) is 4.29. The molecule has 0 spiro atoms. The van der Waals surface area contributed by atoms with Gasteiger partial charge in [0.2, 0.25) is 5.91 Å². The summed E-state index contributed by atoms with van der Waals surface area (Å²) in [6, 6.07) is 0. The monoisotopic (exact) mass is 131 g/mol. The van der Waals surface area contributed by atoms with Crippen LogP contribution in [0.5, 0.6) is 0 Å². The Morgan fingerprint density at radius 1 is 1.89 bits per heavy atom. The predicted molar refractivity (Wildman–Crippen MR) is 33.4 cm³/mol. The van der Waals surface area contributed by atoms with Gasteiger partial charge in [-0.3, -0.25) is 4.79 Å². The fourth-order valence-electron chi connectivity index (χ4n) is 0.397. The highest BCUT2D eigenvalue weighted by atomic mass is 16.3. The number of amides is 1. The summed E-state index contributed by atoms with van der Waals surface area (Å²) in [6.07, 6.45) is -1.01. The van der Waals surface area contributed by atoms with Gasteiger partial charge in [0, 0.05) is 0 Å². The molecule has 9 heavy (non-hydrogen) atoms. The molecular formula is C5H11N2O2. The van der Waals surface area contributed by atoms with Gasteiger partial charge < -0.3 is 15.7 Å². The van der Waals surface area contributed by atoms with Crippen LogP contribution in [0.3, 0.4) is 0 Å². The van der Waals surface area contributed by atoms with Gasteiger partial charge in [0.15, 0.2) is 0 Å². The summed E-state index contributed by atoms with van der Waals surface area (Å²) in [5.74, 6) is -0.264. The average Bonchev–Trinajstić information content (AvgIpc) is 1.63. The van der Waals surface area contributed by atoms with E-state index in [0.717, 1.165) is 0 Å². The Morgan fingerprint density at radius 3 is 2.78 bits per heavy atom. The summed E-state index contributed by atoms with van der Waals surface area (Å²) in [4.78, 5) is 10.5. The summed E-state index contributed by atoms with van der Waals surface area (Å²) in [7, 11) is 1.65. The lowest BCUT2D eigenvalue weighted by Gasteiger charge is -2.05. The number of carbonyl (C=O) groups is 1. The van der Waals surface area contributed by atoms with E-state index in [0.29, 0.717) is 0 Å². The van der Waals surface area contributed by atoms with Crippen molar-refractivity contribution in [3.63, 3.8) is 0 Å². The highest BCUT2D eigenvalue weighted by Gasteiger charge is 1.99. The van der Waals surface area contributed by atoms with Crippen molar-refractivity contribution in [3.05, 3.63) is 6.92 Å². The van der Waals surface area contributed by atoms with Crippen molar-refractivity contribution in [1.29, 1.82) is 0 Å². The van der Waals surface area contributed by atoms with Crippen LogP contribution in [0.2, 0.25) is 0 Å². The molecular weight excluding hydrogens is 120 g/mol. The Bertz CT molecular complexity index is 93.0. The van der Waals surface area contributed by atoms with E-state index in [1.54, 1.807) is 7.05 Å². The Morgan fingerprint density at radius 2 is 2.44 bits per heavy atom. The Hall–Kier alpha value is -0.610. The molecule has 0 bridgehead atoms. The van der Waals surface area contributed by atoms with Crippen LogP contribution in [-0.2, 0) is 4.79 Å². The predicted octanol–water partition coefficient (Wildman–Crippen LogP) is -1.53. The highest BCUT2D eigenvalue weighted by Crippen LogP contribution is 1.68. The molecule has 0 aliphatic heterocycles. The normalized spacial score (nSPS) is 12.8. The van der Waals surface area contributed by atoms with E-state index in [2.05, 4.69) is 17.6 Å². The summed E-state index contributed by atoms with van der Waals surface area (Å²) < 4.78 is 0. The van der Waals surface area contributed by atoms with Gasteiger partial charge in [-0.1, -0.05) is 0 Å². The van der Waals surface area contributed by atoms with Crippen molar-refractivity contribution in [2.45, 2.75) is 6.23 Å². The minimum absolute atomic E-state index is 0.201. The fourth-order valence-corrected chi connectivity index (χ4v) is 0.397. The smallest absolute Gasteiger partial charge is 0.235 e. The number of hydrogen-bond acceptors (Lipinski definition) is 3. The first-order valence-corrected chi connectivity index (χ1v) is 2.62. The van der Waals surface area contributed by atoms with Crippen LogP contribution in [0.15, 0.2) is 0 Å². The SMILES string of the molecule is [CH2]C(O)NC(=O)CNC. The van der Waals surface area contributed by atoms with Crippen molar-refractivity contribution in [2.75, 3.05) is 13.6 Å². The topological polar surface area (TPSA) is 61.4 Å². The first-order valence-electron chi connectivity index (χ1n) is 2.62. The molecule has 0 aliphatic carbocycles. The number of aliphatic hydroxyl groups excluding tert-OH is 1. The van der Waals surface area contributed by atoms with Gasteiger partial charge in [0.05, 0.1) is 6.54 Å². The molecule has 0 aromatic carbocycles. The van der Waals surface area contributed by atoms with Gasteiger partial charge in [-0.15, -0.1) is 0 Å². The zero-order valence-electron chi connectivity index (χ0n) is 5.35. The summed E-state index contributed by atoms with van der Waals surface area (Å²) in [6.45, 7) is 3.36. The standard InChI is InChI=1S/C5H11N2O2/c1-4(8)7-5(9)3-6-2/h4,6,8H,1,3H2,2H3,(H,7,9). The molecule has 0 fully saturated rings. The maximum atomic E-state index is 10.5. The summed E-state index contributed by atoms with van der Waals surface area (Å²) in [5, 5.41) is 13.3. The number of rotatable bonds is 3. The van der Waals surface area contributed by atoms with E-state index < -0.39 is 6.23 Å². The van der Waals surface area contributed by atoms with Crippen LogP contribution in [-0.4, -0.2) is 30.8 Å². The molecule has 3 N–H and O–H groups in total. The number of aliphatic hydroxyl groups is 1. The quantitative estimate of drug-likeness (QED) is 0.407. The number of hydrogen-bond donors (Lipinski definition) is 3. The molecule has 0 aromatic rings. The van der Waals surface area contributed by atoms with Gasteiger partial charge in [0.25, 0.3) is 0 Å². The molecule has 1 radical (unpaired) electrons.